The van der Waals surface area contributed by atoms with Gasteiger partial charge in [-0.1, -0.05) is 62.4 Å². The van der Waals surface area contributed by atoms with Gasteiger partial charge in [0.2, 0.25) is 0 Å². The monoisotopic (exact) mass is 472 g/mol. The van der Waals surface area contributed by atoms with E-state index in [0.717, 1.165) is 22.9 Å². The van der Waals surface area contributed by atoms with Crippen molar-refractivity contribution in [2.75, 3.05) is 25.6 Å². The fourth-order valence-corrected chi connectivity index (χ4v) is 4.53. The van der Waals surface area contributed by atoms with Crippen LogP contribution in [0, 0.1) is 0 Å². The molecule has 1 unspecified atom stereocenters. The van der Waals surface area contributed by atoms with Crippen LogP contribution in [-0.2, 0) is 11.3 Å². The molecule has 3 aromatic carbocycles. The van der Waals surface area contributed by atoms with Gasteiger partial charge in [-0.15, -0.1) is 0 Å². The average molecular weight is 473 g/mol. The summed E-state index contributed by atoms with van der Waals surface area (Å²) in [6, 6.07) is 20.5. The number of benzene rings is 3. The molecule has 182 valence electrons. The van der Waals surface area contributed by atoms with Gasteiger partial charge >= 0.3 is 6.03 Å². The molecular weight excluding hydrogens is 440 g/mol. The molecule has 0 bridgehead atoms. The van der Waals surface area contributed by atoms with Gasteiger partial charge in [-0.3, -0.25) is 9.36 Å². The van der Waals surface area contributed by atoms with E-state index in [1.165, 1.54) is 0 Å². The van der Waals surface area contributed by atoms with Gasteiger partial charge in [-0.2, -0.15) is 0 Å². The third kappa shape index (κ3) is 5.05. The van der Waals surface area contributed by atoms with Gasteiger partial charge in [-0.25, -0.2) is 9.78 Å². The lowest BCUT2D eigenvalue weighted by atomic mass is 10.1. The zero-order valence-corrected chi connectivity index (χ0v) is 20.5. The number of fused-ring (bicyclic) bond motifs is 2. The Balaban J connectivity index is 1.77. The standard InChI is InChI=1S/C28H32N4O3/c1-4-17-32-26(29-24-15-9-8-14-22(24)27(32)33)25(5-2)31(18-19-35-3)28(34)30-23-16-10-12-20-11-6-7-13-21(20)23/h6-16,25H,4-5,17-19H2,1-3H3,(H,30,34). The third-order valence-corrected chi connectivity index (χ3v) is 6.23. The van der Waals surface area contributed by atoms with Crippen LogP contribution in [0.2, 0.25) is 0 Å². The number of methoxy groups -OCH3 is 1. The Morgan fingerprint density at radius 2 is 1.74 bits per heavy atom. The molecular formula is C28H32N4O3. The Hall–Kier alpha value is -3.71. The quantitative estimate of drug-likeness (QED) is 0.344. The summed E-state index contributed by atoms with van der Waals surface area (Å²) in [5, 5.41) is 5.70. The van der Waals surface area contributed by atoms with Gasteiger partial charge < -0.3 is 15.0 Å². The first kappa shape index (κ1) is 24.4. The van der Waals surface area contributed by atoms with E-state index in [1.807, 2.05) is 74.5 Å². The number of carbonyl (C=O) groups is 1. The van der Waals surface area contributed by atoms with Gasteiger partial charge in [0.1, 0.15) is 5.82 Å². The predicted molar refractivity (Wildman–Crippen MR) is 141 cm³/mol. The number of carbonyl (C=O) groups excluding carboxylic acids is 1. The number of urea groups is 1. The number of para-hydroxylation sites is 1. The SMILES string of the molecule is CCCn1c(C(CC)N(CCOC)C(=O)Nc2cccc3ccccc23)nc2ccccc2c1=O. The summed E-state index contributed by atoms with van der Waals surface area (Å²) >= 11 is 0. The molecule has 0 spiro atoms. The maximum atomic E-state index is 13.7. The fourth-order valence-electron chi connectivity index (χ4n) is 4.53. The molecule has 4 rings (SSSR count). The molecule has 1 aromatic heterocycles. The van der Waals surface area contributed by atoms with Gasteiger partial charge in [0, 0.05) is 25.6 Å². The van der Waals surface area contributed by atoms with Gasteiger partial charge in [0.05, 0.1) is 29.2 Å². The highest BCUT2D eigenvalue weighted by Gasteiger charge is 2.28. The average Bonchev–Trinajstić information content (AvgIpc) is 2.88. The van der Waals surface area contributed by atoms with E-state index in [4.69, 9.17) is 9.72 Å². The van der Waals surface area contributed by atoms with Crippen LogP contribution in [0.25, 0.3) is 21.7 Å². The molecule has 0 radical (unpaired) electrons. The minimum Gasteiger partial charge on any atom is -0.383 e. The highest BCUT2D eigenvalue weighted by atomic mass is 16.5. The number of aromatic nitrogens is 2. The highest BCUT2D eigenvalue weighted by molar-refractivity contribution is 6.01. The predicted octanol–water partition coefficient (Wildman–Crippen LogP) is 5.59. The van der Waals surface area contributed by atoms with Crippen LogP contribution in [0.1, 0.15) is 38.6 Å². The minimum atomic E-state index is -0.399. The van der Waals surface area contributed by atoms with Crippen LogP contribution in [0.5, 0.6) is 0 Å². The van der Waals surface area contributed by atoms with Crippen molar-refractivity contribution in [3.05, 3.63) is 82.9 Å². The minimum absolute atomic E-state index is 0.0768. The molecule has 1 atom stereocenters. The van der Waals surface area contributed by atoms with Crippen LogP contribution < -0.4 is 10.9 Å². The van der Waals surface area contributed by atoms with Crippen LogP contribution in [-0.4, -0.2) is 40.7 Å². The summed E-state index contributed by atoms with van der Waals surface area (Å²) in [5.74, 6) is 0.599. The van der Waals surface area contributed by atoms with E-state index >= 15 is 0 Å². The van der Waals surface area contributed by atoms with Crippen molar-refractivity contribution in [2.45, 2.75) is 39.3 Å². The first-order valence-corrected chi connectivity index (χ1v) is 12.1. The van der Waals surface area contributed by atoms with Crippen molar-refractivity contribution in [3.63, 3.8) is 0 Å². The second-order valence-electron chi connectivity index (χ2n) is 8.51. The van der Waals surface area contributed by atoms with Crippen molar-refractivity contribution in [2.24, 2.45) is 0 Å². The lowest BCUT2D eigenvalue weighted by molar-refractivity contribution is 0.130. The topological polar surface area (TPSA) is 76.5 Å². The normalized spacial score (nSPS) is 12.1. The summed E-state index contributed by atoms with van der Waals surface area (Å²) in [5.41, 5.74) is 1.30. The summed E-state index contributed by atoms with van der Waals surface area (Å²) in [6.07, 6.45) is 1.38. The van der Waals surface area contributed by atoms with E-state index in [2.05, 4.69) is 5.32 Å². The Kier molecular flexibility index (Phi) is 7.77. The van der Waals surface area contributed by atoms with Crippen LogP contribution in [0.15, 0.2) is 71.5 Å². The smallest absolute Gasteiger partial charge is 0.322 e. The molecule has 7 nitrogen and oxygen atoms in total. The molecule has 1 heterocycles. The van der Waals surface area contributed by atoms with Gasteiger partial charge in [0.25, 0.3) is 5.56 Å². The highest BCUT2D eigenvalue weighted by Crippen LogP contribution is 2.27. The van der Waals surface area contributed by atoms with E-state index < -0.39 is 6.04 Å². The zero-order valence-electron chi connectivity index (χ0n) is 20.5. The second kappa shape index (κ2) is 11.1. The number of amides is 2. The van der Waals surface area contributed by atoms with E-state index in [-0.39, 0.29) is 11.6 Å². The molecule has 7 heteroatoms. The number of anilines is 1. The lowest BCUT2D eigenvalue weighted by Gasteiger charge is -2.32. The van der Waals surface area contributed by atoms with Crippen LogP contribution in [0.4, 0.5) is 10.5 Å². The maximum absolute atomic E-state index is 13.7. The molecule has 0 saturated carbocycles. The van der Waals surface area contributed by atoms with E-state index in [0.29, 0.717) is 42.8 Å². The molecule has 0 aliphatic heterocycles. The summed E-state index contributed by atoms with van der Waals surface area (Å²) < 4.78 is 7.06. The van der Waals surface area contributed by atoms with Crippen molar-refractivity contribution < 1.29 is 9.53 Å². The molecule has 2 amide bonds. The van der Waals surface area contributed by atoms with Crippen molar-refractivity contribution in [1.82, 2.24) is 14.5 Å². The molecule has 0 saturated heterocycles. The van der Waals surface area contributed by atoms with E-state index in [1.54, 1.807) is 22.6 Å². The first-order valence-electron chi connectivity index (χ1n) is 12.1. The van der Waals surface area contributed by atoms with Crippen molar-refractivity contribution in [3.8, 4) is 0 Å². The summed E-state index contributed by atoms with van der Waals surface area (Å²) in [6.45, 7) is 5.30. The maximum Gasteiger partial charge on any atom is 0.322 e. The Labute approximate surface area is 205 Å². The van der Waals surface area contributed by atoms with Crippen molar-refractivity contribution in [1.29, 1.82) is 0 Å². The largest absolute Gasteiger partial charge is 0.383 e. The lowest BCUT2D eigenvalue weighted by Crippen LogP contribution is -2.42. The second-order valence-corrected chi connectivity index (χ2v) is 8.51. The number of nitrogens with zero attached hydrogens (tertiary/aromatic N) is 3. The fraction of sp³-hybridized carbons (Fsp3) is 0.321. The first-order chi connectivity index (χ1) is 17.1. The molecule has 4 aromatic rings. The Bertz CT molecular complexity index is 1380. The number of rotatable bonds is 9. The van der Waals surface area contributed by atoms with Gasteiger partial charge in [0.15, 0.2) is 0 Å². The Morgan fingerprint density at radius 1 is 1.03 bits per heavy atom. The summed E-state index contributed by atoms with van der Waals surface area (Å²) in [7, 11) is 1.61. The molecule has 0 fully saturated rings. The van der Waals surface area contributed by atoms with Crippen LogP contribution in [0.3, 0.4) is 0 Å². The molecule has 0 aliphatic carbocycles. The van der Waals surface area contributed by atoms with Crippen molar-refractivity contribution >= 4 is 33.4 Å². The zero-order chi connectivity index (χ0) is 24.8. The number of nitrogens with one attached hydrogen (secondary N) is 1. The molecule has 35 heavy (non-hydrogen) atoms. The number of hydrogen-bond acceptors (Lipinski definition) is 4. The number of ether oxygens (including phenoxy) is 1. The number of hydrogen-bond donors (Lipinski definition) is 1. The van der Waals surface area contributed by atoms with Crippen LogP contribution >= 0.6 is 0 Å². The van der Waals surface area contributed by atoms with E-state index in [9.17, 15) is 9.59 Å². The molecule has 0 aliphatic rings. The molecule has 1 N–H and O–H groups in total. The third-order valence-electron chi connectivity index (χ3n) is 6.23. The Morgan fingerprint density at radius 3 is 2.49 bits per heavy atom. The van der Waals surface area contributed by atoms with Gasteiger partial charge in [-0.05, 0) is 36.4 Å². The summed E-state index contributed by atoms with van der Waals surface area (Å²) in [4.78, 5) is 33.7.